The van der Waals surface area contributed by atoms with Crippen LogP contribution in [-0.4, -0.2) is 13.2 Å². The van der Waals surface area contributed by atoms with E-state index in [0.29, 0.717) is 30.6 Å². The standard InChI is InChI=1S/C21H31FO2/c1-3-5-7-17-8-10-18(11-9-17)16-24-21-13-12-19(15-20(21)22)23-14-6-4-2/h5,7,12-13,15,17-18H,3-4,6,8-11,14,16H2,1-2H3/b7-5+. The van der Waals surface area contributed by atoms with E-state index >= 15 is 0 Å². The van der Waals surface area contributed by atoms with Crippen LogP contribution in [0.5, 0.6) is 11.5 Å². The number of rotatable bonds is 9. The average Bonchev–Trinajstić information content (AvgIpc) is 2.60. The number of halogens is 1. The van der Waals surface area contributed by atoms with Gasteiger partial charge in [-0.3, -0.25) is 0 Å². The maximum atomic E-state index is 14.1. The Labute approximate surface area is 146 Å². The molecule has 0 aromatic heterocycles. The zero-order valence-electron chi connectivity index (χ0n) is 15.1. The lowest BCUT2D eigenvalue weighted by Gasteiger charge is -2.26. The third-order valence-electron chi connectivity index (χ3n) is 4.68. The van der Waals surface area contributed by atoms with Gasteiger partial charge in [-0.15, -0.1) is 0 Å². The summed E-state index contributed by atoms with van der Waals surface area (Å²) in [6.45, 7) is 5.52. The van der Waals surface area contributed by atoms with Crippen LogP contribution in [0, 0.1) is 17.7 Å². The van der Waals surface area contributed by atoms with Gasteiger partial charge in [0.2, 0.25) is 0 Å². The second-order valence-corrected chi connectivity index (χ2v) is 6.72. The topological polar surface area (TPSA) is 18.5 Å². The molecule has 24 heavy (non-hydrogen) atoms. The molecule has 0 N–H and O–H groups in total. The van der Waals surface area contributed by atoms with Crippen LogP contribution in [0.1, 0.15) is 58.8 Å². The monoisotopic (exact) mass is 334 g/mol. The summed E-state index contributed by atoms with van der Waals surface area (Å²) in [5.74, 6) is 1.85. The smallest absolute Gasteiger partial charge is 0.168 e. The number of ether oxygens (including phenoxy) is 2. The van der Waals surface area contributed by atoms with Crippen molar-refractivity contribution >= 4 is 0 Å². The van der Waals surface area contributed by atoms with Crippen LogP contribution in [0.2, 0.25) is 0 Å². The number of hydrogen-bond donors (Lipinski definition) is 0. The fraction of sp³-hybridized carbons (Fsp3) is 0.619. The van der Waals surface area contributed by atoms with Crippen LogP contribution in [0.25, 0.3) is 0 Å². The van der Waals surface area contributed by atoms with E-state index in [9.17, 15) is 4.39 Å². The van der Waals surface area contributed by atoms with Crippen molar-refractivity contribution in [2.75, 3.05) is 13.2 Å². The van der Waals surface area contributed by atoms with Gasteiger partial charge in [-0.05, 0) is 62.5 Å². The predicted molar refractivity (Wildman–Crippen MR) is 97.2 cm³/mol. The minimum absolute atomic E-state index is 0.330. The Morgan fingerprint density at radius 3 is 2.58 bits per heavy atom. The molecular weight excluding hydrogens is 303 g/mol. The van der Waals surface area contributed by atoms with Crippen LogP contribution < -0.4 is 9.47 Å². The molecule has 0 aliphatic heterocycles. The van der Waals surface area contributed by atoms with Gasteiger partial charge in [0.05, 0.1) is 13.2 Å². The second-order valence-electron chi connectivity index (χ2n) is 6.72. The van der Waals surface area contributed by atoms with E-state index < -0.39 is 0 Å². The molecule has 0 bridgehead atoms. The molecule has 3 heteroatoms. The van der Waals surface area contributed by atoms with Gasteiger partial charge in [-0.1, -0.05) is 32.4 Å². The van der Waals surface area contributed by atoms with Crippen LogP contribution in [0.4, 0.5) is 4.39 Å². The van der Waals surface area contributed by atoms with E-state index in [0.717, 1.165) is 25.2 Å². The summed E-state index contributed by atoms with van der Waals surface area (Å²) >= 11 is 0. The van der Waals surface area contributed by atoms with Crippen molar-refractivity contribution in [2.24, 2.45) is 11.8 Å². The molecule has 1 aromatic rings. The van der Waals surface area contributed by atoms with Gasteiger partial charge in [0, 0.05) is 6.07 Å². The maximum Gasteiger partial charge on any atom is 0.168 e. The van der Waals surface area contributed by atoms with E-state index in [2.05, 4.69) is 26.0 Å². The Bertz CT molecular complexity index is 505. The molecule has 1 aromatic carbocycles. The summed E-state index contributed by atoms with van der Waals surface area (Å²) in [5, 5.41) is 0. The van der Waals surface area contributed by atoms with Gasteiger partial charge in [-0.2, -0.15) is 0 Å². The summed E-state index contributed by atoms with van der Waals surface area (Å²) < 4.78 is 25.3. The Morgan fingerprint density at radius 1 is 1.12 bits per heavy atom. The molecule has 134 valence electrons. The van der Waals surface area contributed by atoms with E-state index in [4.69, 9.17) is 9.47 Å². The van der Waals surface area contributed by atoms with Crippen LogP contribution >= 0.6 is 0 Å². The minimum atomic E-state index is -0.330. The van der Waals surface area contributed by atoms with Crippen LogP contribution in [0.15, 0.2) is 30.4 Å². The first-order valence-corrected chi connectivity index (χ1v) is 9.44. The Balaban J connectivity index is 1.75. The number of hydrogen-bond acceptors (Lipinski definition) is 2. The summed E-state index contributed by atoms with van der Waals surface area (Å²) in [6, 6.07) is 4.91. The van der Waals surface area contributed by atoms with Crippen molar-refractivity contribution in [3.63, 3.8) is 0 Å². The lowest BCUT2D eigenvalue weighted by molar-refractivity contribution is 0.189. The molecule has 0 atom stereocenters. The van der Waals surface area contributed by atoms with E-state index in [-0.39, 0.29) is 5.82 Å². The zero-order valence-corrected chi connectivity index (χ0v) is 15.1. The molecule has 1 fully saturated rings. The van der Waals surface area contributed by atoms with Gasteiger partial charge in [0.15, 0.2) is 11.6 Å². The number of unbranched alkanes of at least 4 members (excludes halogenated alkanes) is 1. The van der Waals surface area contributed by atoms with E-state index in [1.54, 1.807) is 12.1 Å². The Hall–Kier alpha value is -1.51. The quantitative estimate of drug-likeness (QED) is 0.398. The van der Waals surface area contributed by atoms with Crippen LogP contribution in [0.3, 0.4) is 0 Å². The molecule has 2 rings (SSSR count). The molecule has 0 saturated heterocycles. The molecule has 0 spiro atoms. The van der Waals surface area contributed by atoms with Gasteiger partial charge in [0.1, 0.15) is 5.75 Å². The normalized spacial score (nSPS) is 21.1. The molecule has 1 aliphatic rings. The highest BCUT2D eigenvalue weighted by molar-refractivity contribution is 5.33. The highest BCUT2D eigenvalue weighted by Crippen LogP contribution is 2.31. The summed E-state index contributed by atoms with van der Waals surface area (Å²) in [7, 11) is 0. The summed E-state index contributed by atoms with van der Waals surface area (Å²) in [5.41, 5.74) is 0. The molecule has 1 saturated carbocycles. The van der Waals surface area contributed by atoms with Crippen molar-refractivity contribution in [3.05, 3.63) is 36.2 Å². The highest BCUT2D eigenvalue weighted by atomic mass is 19.1. The zero-order chi connectivity index (χ0) is 17.2. The van der Waals surface area contributed by atoms with Gasteiger partial charge < -0.3 is 9.47 Å². The number of benzene rings is 1. The lowest BCUT2D eigenvalue weighted by Crippen LogP contribution is -2.19. The maximum absolute atomic E-state index is 14.1. The van der Waals surface area contributed by atoms with Gasteiger partial charge in [-0.25, -0.2) is 4.39 Å². The molecule has 0 amide bonds. The SMILES string of the molecule is CC/C=C/C1CCC(COc2ccc(OCCCC)cc2F)CC1. The van der Waals surface area contributed by atoms with Crippen molar-refractivity contribution in [1.82, 2.24) is 0 Å². The lowest BCUT2D eigenvalue weighted by atomic mass is 9.82. The molecule has 1 aliphatic carbocycles. The summed E-state index contributed by atoms with van der Waals surface area (Å²) in [6.07, 6.45) is 12.6. The molecule has 2 nitrogen and oxygen atoms in total. The minimum Gasteiger partial charge on any atom is -0.493 e. The van der Waals surface area contributed by atoms with Crippen molar-refractivity contribution in [1.29, 1.82) is 0 Å². The fourth-order valence-electron chi connectivity index (χ4n) is 3.11. The third kappa shape index (κ3) is 6.18. The highest BCUT2D eigenvalue weighted by Gasteiger charge is 2.20. The van der Waals surface area contributed by atoms with E-state index in [1.807, 2.05) is 0 Å². The van der Waals surface area contributed by atoms with Crippen LogP contribution in [-0.2, 0) is 0 Å². The predicted octanol–water partition coefficient (Wildman–Crippen LogP) is 6.16. The molecule has 0 radical (unpaired) electrons. The third-order valence-corrected chi connectivity index (χ3v) is 4.68. The van der Waals surface area contributed by atoms with Crippen molar-refractivity contribution < 1.29 is 13.9 Å². The first kappa shape index (κ1) is 18.8. The van der Waals surface area contributed by atoms with E-state index in [1.165, 1.54) is 31.7 Å². The van der Waals surface area contributed by atoms with Gasteiger partial charge >= 0.3 is 0 Å². The first-order valence-electron chi connectivity index (χ1n) is 9.44. The first-order chi connectivity index (χ1) is 11.7. The van der Waals surface area contributed by atoms with Crippen molar-refractivity contribution in [3.8, 4) is 11.5 Å². The Kier molecular flexibility index (Phi) is 8.14. The molecule has 0 heterocycles. The van der Waals surface area contributed by atoms with Crippen molar-refractivity contribution in [2.45, 2.75) is 58.8 Å². The number of allylic oxidation sites excluding steroid dienone is 2. The molecule has 0 unspecified atom stereocenters. The van der Waals surface area contributed by atoms with Gasteiger partial charge in [0.25, 0.3) is 0 Å². The average molecular weight is 334 g/mol. The molecular formula is C21H31FO2. The fourth-order valence-corrected chi connectivity index (χ4v) is 3.11. The second kappa shape index (κ2) is 10.4. The Morgan fingerprint density at radius 2 is 1.92 bits per heavy atom. The largest absolute Gasteiger partial charge is 0.493 e. The summed E-state index contributed by atoms with van der Waals surface area (Å²) in [4.78, 5) is 0.